The van der Waals surface area contributed by atoms with Gasteiger partial charge in [-0.2, -0.15) is 0 Å². The van der Waals surface area contributed by atoms with Crippen LogP contribution in [0.25, 0.3) is 0 Å². The Hall–Kier alpha value is -0.790. The summed E-state index contributed by atoms with van der Waals surface area (Å²) in [6, 6.07) is 0. The molecule has 0 aromatic carbocycles. The van der Waals surface area contributed by atoms with Gasteiger partial charge in [-0.05, 0) is 63.7 Å². The first-order chi connectivity index (χ1) is 8.25. The SMILES string of the molecule is CC1=C(C(=O)OC2CCCCC2)C2CCC1C2. The standard InChI is InChI=1S/C15H22O2/c1-10-11-7-8-12(9-11)14(10)15(16)17-13-5-3-2-4-6-13/h11-13H,2-9H2,1H3. The molecule has 0 aromatic heterocycles. The number of hydrogen-bond acceptors (Lipinski definition) is 2. The van der Waals surface area contributed by atoms with Crippen LogP contribution >= 0.6 is 0 Å². The number of esters is 1. The lowest BCUT2D eigenvalue weighted by atomic mass is 9.92. The fourth-order valence-electron chi connectivity index (χ4n) is 3.90. The lowest BCUT2D eigenvalue weighted by Gasteiger charge is -2.24. The van der Waals surface area contributed by atoms with E-state index in [-0.39, 0.29) is 12.1 Å². The van der Waals surface area contributed by atoms with Crippen molar-refractivity contribution in [3.63, 3.8) is 0 Å². The van der Waals surface area contributed by atoms with Crippen LogP contribution in [-0.2, 0) is 9.53 Å². The highest BCUT2D eigenvalue weighted by atomic mass is 16.5. The molecule has 0 aliphatic heterocycles. The van der Waals surface area contributed by atoms with E-state index >= 15 is 0 Å². The first-order valence-corrected chi connectivity index (χ1v) is 7.17. The lowest BCUT2D eigenvalue weighted by molar-refractivity contribution is -0.146. The third-order valence-electron chi connectivity index (χ3n) is 4.92. The second-order valence-electron chi connectivity index (χ2n) is 5.97. The number of carbonyl (C=O) groups excluding carboxylic acids is 1. The maximum Gasteiger partial charge on any atom is 0.334 e. The molecule has 2 atom stereocenters. The van der Waals surface area contributed by atoms with Gasteiger partial charge in [0.25, 0.3) is 0 Å². The van der Waals surface area contributed by atoms with Crippen molar-refractivity contribution >= 4 is 5.97 Å². The summed E-state index contributed by atoms with van der Waals surface area (Å²) in [4.78, 5) is 12.2. The van der Waals surface area contributed by atoms with E-state index in [1.165, 1.54) is 44.1 Å². The summed E-state index contributed by atoms with van der Waals surface area (Å²) >= 11 is 0. The van der Waals surface area contributed by atoms with E-state index in [4.69, 9.17) is 4.74 Å². The molecular weight excluding hydrogens is 212 g/mol. The molecule has 0 radical (unpaired) electrons. The Bertz CT molecular complexity index is 350. The highest BCUT2D eigenvalue weighted by Crippen LogP contribution is 2.48. The summed E-state index contributed by atoms with van der Waals surface area (Å²) in [7, 11) is 0. The Balaban J connectivity index is 1.66. The van der Waals surface area contributed by atoms with Gasteiger partial charge in [0, 0.05) is 5.57 Å². The monoisotopic (exact) mass is 234 g/mol. The molecule has 0 spiro atoms. The molecular formula is C15H22O2. The van der Waals surface area contributed by atoms with Gasteiger partial charge in [-0.15, -0.1) is 0 Å². The van der Waals surface area contributed by atoms with Gasteiger partial charge in [-0.3, -0.25) is 0 Å². The second-order valence-corrected chi connectivity index (χ2v) is 5.97. The summed E-state index contributed by atoms with van der Waals surface area (Å²) in [6.07, 6.45) is 9.81. The molecule has 3 aliphatic rings. The summed E-state index contributed by atoms with van der Waals surface area (Å²) in [5, 5.41) is 0. The molecule has 2 heteroatoms. The quantitative estimate of drug-likeness (QED) is 0.682. The first kappa shape index (κ1) is 11.3. The first-order valence-electron chi connectivity index (χ1n) is 7.17. The van der Waals surface area contributed by atoms with E-state index in [9.17, 15) is 4.79 Å². The molecule has 0 amide bonds. The van der Waals surface area contributed by atoms with Crippen molar-refractivity contribution in [3.8, 4) is 0 Å². The van der Waals surface area contributed by atoms with Crippen LogP contribution in [0.5, 0.6) is 0 Å². The molecule has 0 saturated heterocycles. The Labute approximate surface area is 103 Å². The minimum absolute atomic E-state index is 0.0154. The van der Waals surface area contributed by atoms with Crippen molar-refractivity contribution < 1.29 is 9.53 Å². The summed E-state index contributed by atoms with van der Waals surface area (Å²) in [6.45, 7) is 2.14. The van der Waals surface area contributed by atoms with E-state index in [0.29, 0.717) is 11.8 Å². The molecule has 2 nitrogen and oxygen atoms in total. The topological polar surface area (TPSA) is 26.3 Å². The highest BCUT2D eigenvalue weighted by Gasteiger charge is 2.41. The van der Waals surface area contributed by atoms with Crippen LogP contribution in [0.4, 0.5) is 0 Å². The molecule has 17 heavy (non-hydrogen) atoms. The van der Waals surface area contributed by atoms with Crippen molar-refractivity contribution in [1.82, 2.24) is 0 Å². The van der Waals surface area contributed by atoms with Crippen molar-refractivity contribution in [3.05, 3.63) is 11.1 Å². The Morgan fingerprint density at radius 3 is 2.41 bits per heavy atom. The number of hydrogen-bond donors (Lipinski definition) is 0. The van der Waals surface area contributed by atoms with Gasteiger partial charge in [-0.25, -0.2) is 4.79 Å². The van der Waals surface area contributed by atoms with E-state index in [0.717, 1.165) is 18.4 Å². The predicted molar refractivity (Wildman–Crippen MR) is 66.5 cm³/mol. The molecule has 0 N–H and O–H groups in total. The van der Waals surface area contributed by atoms with Crippen LogP contribution < -0.4 is 0 Å². The molecule has 2 bridgehead atoms. The minimum Gasteiger partial charge on any atom is -0.459 e. The third-order valence-corrected chi connectivity index (χ3v) is 4.92. The zero-order valence-corrected chi connectivity index (χ0v) is 10.7. The highest BCUT2D eigenvalue weighted by molar-refractivity contribution is 5.91. The van der Waals surface area contributed by atoms with E-state index in [1.54, 1.807) is 0 Å². The van der Waals surface area contributed by atoms with Crippen LogP contribution in [0.1, 0.15) is 58.3 Å². The van der Waals surface area contributed by atoms with E-state index in [1.807, 2.05) is 0 Å². The van der Waals surface area contributed by atoms with Crippen LogP contribution in [-0.4, -0.2) is 12.1 Å². The molecule has 94 valence electrons. The lowest BCUT2D eigenvalue weighted by Crippen LogP contribution is -2.24. The third kappa shape index (κ3) is 2.02. The summed E-state index contributed by atoms with van der Waals surface area (Å²) in [5.41, 5.74) is 2.38. The zero-order chi connectivity index (χ0) is 11.8. The van der Waals surface area contributed by atoms with Gasteiger partial charge in [0.05, 0.1) is 0 Å². The number of allylic oxidation sites excluding steroid dienone is 1. The fraction of sp³-hybridized carbons (Fsp3) is 0.800. The summed E-state index contributed by atoms with van der Waals surface area (Å²) in [5.74, 6) is 1.23. The van der Waals surface area contributed by atoms with Gasteiger partial charge in [-0.1, -0.05) is 12.0 Å². The average Bonchev–Trinajstić information content (AvgIpc) is 2.90. The molecule has 3 aliphatic carbocycles. The average molecular weight is 234 g/mol. The van der Waals surface area contributed by atoms with Gasteiger partial charge in [0.15, 0.2) is 0 Å². The molecule has 3 rings (SSSR count). The second kappa shape index (κ2) is 4.47. The van der Waals surface area contributed by atoms with Crippen molar-refractivity contribution in [2.24, 2.45) is 11.8 Å². The van der Waals surface area contributed by atoms with Crippen LogP contribution in [0.15, 0.2) is 11.1 Å². The predicted octanol–water partition coefficient (Wildman–Crippen LogP) is 3.61. The smallest absolute Gasteiger partial charge is 0.334 e. The molecule has 2 unspecified atom stereocenters. The maximum absolute atomic E-state index is 12.2. The molecule has 0 aromatic rings. The largest absolute Gasteiger partial charge is 0.459 e. The van der Waals surface area contributed by atoms with Gasteiger partial charge in [0.2, 0.25) is 0 Å². The van der Waals surface area contributed by atoms with Crippen molar-refractivity contribution in [1.29, 1.82) is 0 Å². The van der Waals surface area contributed by atoms with Crippen LogP contribution in [0.2, 0.25) is 0 Å². The minimum atomic E-state index is 0.0154. The van der Waals surface area contributed by atoms with E-state index in [2.05, 4.69) is 6.92 Å². The number of ether oxygens (including phenoxy) is 1. The number of rotatable bonds is 2. The van der Waals surface area contributed by atoms with Crippen molar-refractivity contribution in [2.45, 2.75) is 64.4 Å². The van der Waals surface area contributed by atoms with Gasteiger partial charge >= 0.3 is 5.97 Å². The van der Waals surface area contributed by atoms with E-state index < -0.39 is 0 Å². The summed E-state index contributed by atoms with van der Waals surface area (Å²) < 4.78 is 5.70. The van der Waals surface area contributed by atoms with Crippen molar-refractivity contribution in [2.75, 3.05) is 0 Å². The normalized spacial score (nSPS) is 33.2. The molecule has 2 fully saturated rings. The Morgan fingerprint density at radius 2 is 1.76 bits per heavy atom. The molecule has 2 saturated carbocycles. The maximum atomic E-state index is 12.2. The Morgan fingerprint density at radius 1 is 1.06 bits per heavy atom. The van der Waals surface area contributed by atoms with Gasteiger partial charge < -0.3 is 4.74 Å². The van der Waals surface area contributed by atoms with Crippen LogP contribution in [0.3, 0.4) is 0 Å². The van der Waals surface area contributed by atoms with Gasteiger partial charge in [0.1, 0.15) is 6.10 Å². The number of carbonyl (C=O) groups is 1. The fourth-order valence-corrected chi connectivity index (χ4v) is 3.90. The number of fused-ring (bicyclic) bond motifs is 2. The molecule has 0 heterocycles. The van der Waals surface area contributed by atoms with Crippen LogP contribution in [0, 0.1) is 11.8 Å². The Kier molecular flexibility index (Phi) is 2.97. The zero-order valence-electron chi connectivity index (χ0n) is 10.7.